The van der Waals surface area contributed by atoms with Crippen molar-refractivity contribution in [3.8, 4) is 0 Å². The van der Waals surface area contributed by atoms with Crippen LogP contribution in [0.5, 0.6) is 0 Å². The van der Waals surface area contributed by atoms with E-state index in [0.29, 0.717) is 6.42 Å². The van der Waals surface area contributed by atoms with Gasteiger partial charge in [0.25, 0.3) is 0 Å². The maximum Gasteiger partial charge on any atom is 0.139 e. The summed E-state index contributed by atoms with van der Waals surface area (Å²) in [4.78, 5) is 23.8. The van der Waals surface area contributed by atoms with Crippen molar-refractivity contribution in [3.63, 3.8) is 0 Å². The van der Waals surface area contributed by atoms with Gasteiger partial charge in [0.2, 0.25) is 0 Å². The van der Waals surface area contributed by atoms with Crippen LogP contribution in [0.25, 0.3) is 0 Å². The molecule has 0 fully saturated rings. The van der Waals surface area contributed by atoms with Crippen LogP contribution in [0.15, 0.2) is 0 Å². The van der Waals surface area contributed by atoms with Gasteiger partial charge in [-0.15, -0.1) is 0 Å². The molecule has 0 saturated carbocycles. The monoisotopic (exact) mass is 213 g/mol. The molecule has 0 amide bonds. The second-order valence-electron chi connectivity index (χ2n) is 5.42. The molecule has 0 N–H and O–H groups in total. The topological polar surface area (TPSA) is 37.4 Å². The summed E-state index contributed by atoms with van der Waals surface area (Å²) in [6.45, 7) is 11.8. The van der Waals surface area contributed by atoms with Gasteiger partial charge in [0.05, 0.1) is 5.54 Å². The third-order valence-electron chi connectivity index (χ3n) is 2.66. The highest BCUT2D eigenvalue weighted by molar-refractivity contribution is 5.63. The van der Waals surface area contributed by atoms with Crippen LogP contribution in [0.1, 0.15) is 48.0 Å². The molecule has 0 aliphatic carbocycles. The summed E-state index contributed by atoms with van der Waals surface area (Å²) in [6, 6.07) is 0.222. The molecule has 0 heterocycles. The molecule has 0 aromatic heterocycles. The van der Waals surface area contributed by atoms with Crippen LogP contribution in [-0.4, -0.2) is 34.6 Å². The fourth-order valence-electron chi connectivity index (χ4n) is 2.50. The first-order valence-corrected chi connectivity index (χ1v) is 5.38. The number of rotatable bonds is 6. The molecule has 88 valence electrons. The molecule has 0 rings (SSSR count). The SMILES string of the molecule is CC(C)N(C(C)(C)C=O)C(C)(C)CC=O. The molecule has 0 atom stereocenters. The Morgan fingerprint density at radius 3 is 1.87 bits per heavy atom. The second-order valence-corrected chi connectivity index (χ2v) is 5.42. The normalized spacial score (nSPS) is 13.3. The number of nitrogens with zero attached hydrogens (tertiary/aromatic N) is 1. The summed E-state index contributed by atoms with van der Waals surface area (Å²) >= 11 is 0. The number of carbonyl (C=O) groups is 2. The van der Waals surface area contributed by atoms with Crippen LogP contribution in [0.3, 0.4) is 0 Å². The maximum absolute atomic E-state index is 11.1. The quantitative estimate of drug-likeness (QED) is 0.634. The smallest absolute Gasteiger partial charge is 0.139 e. The van der Waals surface area contributed by atoms with Crippen LogP contribution < -0.4 is 0 Å². The fraction of sp³-hybridized carbons (Fsp3) is 0.833. The highest BCUT2D eigenvalue weighted by Gasteiger charge is 2.38. The molecule has 0 aromatic carbocycles. The van der Waals surface area contributed by atoms with Gasteiger partial charge >= 0.3 is 0 Å². The second kappa shape index (κ2) is 4.88. The summed E-state index contributed by atoms with van der Waals surface area (Å²) in [5, 5.41) is 0. The molecule has 0 aromatic rings. The van der Waals surface area contributed by atoms with Gasteiger partial charge in [0.15, 0.2) is 0 Å². The van der Waals surface area contributed by atoms with E-state index in [-0.39, 0.29) is 11.6 Å². The van der Waals surface area contributed by atoms with E-state index in [1.54, 1.807) is 0 Å². The lowest BCUT2D eigenvalue weighted by molar-refractivity contribution is -0.125. The molecular weight excluding hydrogens is 190 g/mol. The van der Waals surface area contributed by atoms with E-state index >= 15 is 0 Å². The third-order valence-corrected chi connectivity index (χ3v) is 2.66. The van der Waals surface area contributed by atoms with Crippen LogP contribution >= 0.6 is 0 Å². The highest BCUT2D eigenvalue weighted by atomic mass is 16.1. The molecule has 3 nitrogen and oxygen atoms in total. The Kier molecular flexibility index (Phi) is 4.65. The van der Waals surface area contributed by atoms with E-state index in [1.807, 2.05) is 41.5 Å². The van der Waals surface area contributed by atoms with Gasteiger partial charge in [-0.2, -0.15) is 0 Å². The number of hydrogen-bond donors (Lipinski definition) is 0. The van der Waals surface area contributed by atoms with Crippen molar-refractivity contribution in [3.05, 3.63) is 0 Å². The van der Waals surface area contributed by atoms with Gasteiger partial charge < -0.3 is 9.59 Å². The van der Waals surface area contributed by atoms with E-state index in [1.165, 1.54) is 0 Å². The minimum Gasteiger partial charge on any atom is -0.303 e. The standard InChI is InChI=1S/C12H23NO2/c1-10(2)13(12(5,6)9-15)11(3,4)7-8-14/h8-10H,7H2,1-6H3. The van der Waals surface area contributed by atoms with Crippen molar-refractivity contribution in [2.75, 3.05) is 0 Å². The zero-order valence-electron chi connectivity index (χ0n) is 10.7. The van der Waals surface area contributed by atoms with Gasteiger partial charge in [-0.1, -0.05) is 0 Å². The minimum atomic E-state index is -0.541. The van der Waals surface area contributed by atoms with Gasteiger partial charge in [-0.25, -0.2) is 0 Å². The van der Waals surface area contributed by atoms with E-state index in [9.17, 15) is 9.59 Å². The van der Waals surface area contributed by atoms with Crippen LogP contribution in [-0.2, 0) is 9.59 Å². The molecule has 0 spiro atoms. The highest BCUT2D eigenvalue weighted by Crippen LogP contribution is 2.28. The number of aldehydes is 2. The molecule has 0 aliphatic rings. The lowest BCUT2D eigenvalue weighted by atomic mass is 9.90. The largest absolute Gasteiger partial charge is 0.303 e. The van der Waals surface area contributed by atoms with Gasteiger partial charge in [-0.05, 0) is 41.5 Å². The first-order valence-electron chi connectivity index (χ1n) is 5.38. The van der Waals surface area contributed by atoms with E-state index in [2.05, 4.69) is 4.90 Å². The average Bonchev–Trinajstić information content (AvgIpc) is 2.01. The zero-order chi connectivity index (χ0) is 12.3. The summed E-state index contributed by atoms with van der Waals surface area (Å²) in [6.07, 6.45) is 2.29. The van der Waals surface area contributed by atoms with Gasteiger partial charge in [0.1, 0.15) is 12.6 Å². The Balaban J connectivity index is 5.13. The first kappa shape index (κ1) is 14.3. The van der Waals surface area contributed by atoms with Crippen molar-refractivity contribution in [1.82, 2.24) is 4.90 Å². The maximum atomic E-state index is 11.1. The van der Waals surface area contributed by atoms with Crippen molar-refractivity contribution in [2.24, 2.45) is 0 Å². The Morgan fingerprint density at radius 2 is 1.60 bits per heavy atom. The number of carbonyl (C=O) groups excluding carboxylic acids is 2. The molecule has 15 heavy (non-hydrogen) atoms. The van der Waals surface area contributed by atoms with Crippen molar-refractivity contribution < 1.29 is 9.59 Å². The lowest BCUT2D eigenvalue weighted by Gasteiger charge is -2.48. The summed E-state index contributed by atoms with van der Waals surface area (Å²) in [5.74, 6) is 0. The summed E-state index contributed by atoms with van der Waals surface area (Å²) in [5.41, 5.74) is -0.832. The minimum absolute atomic E-state index is 0.222. The molecular formula is C12H23NO2. The Morgan fingerprint density at radius 1 is 1.13 bits per heavy atom. The average molecular weight is 213 g/mol. The predicted octanol–water partition coefficient (Wildman–Crippen LogP) is 2.04. The predicted molar refractivity (Wildman–Crippen MR) is 61.9 cm³/mol. The third kappa shape index (κ3) is 3.42. The van der Waals surface area contributed by atoms with E-state index < -0.39 is 5.54 Å². The molecule has 0 unspecified atom stereocenters. The molecule has 3 heteroatoms. The van der Waals surface area contributed by atoms with Crippen LogP contribution in [0, 0.1) is 0 Å². The van der Waals surface area contributed by atoms with E-state index in [4.69, 9.17) is 0 Å². The number of hydrogen-bond acceptors (Lipinski definition) is 3. The molecule has 0 radical (unpaired) electrons. The summed E-state index contributed by atoms with van der Waals surface area (Å²) in [7, 11) is 0. The van der Waals surface area contributed by atoms with Crippen molar-refractivity contribution in [2.45, 2.75) is 65.1 Å². The van der Waals surface area contributed by atoms with Crippen molar-refractivity contribution in [1.29, 1.82) is 0 Å². The van der Waals surface area contributed by atoms with Crippen LogP contribution in [0.4, 0.5) is 0 Å². The fourth-order valence-corrected chi connectivity index (χ4v) is 2.50. The molecule has 0 saturated heterocycles. The van der Waals surface area contributed by atoms with Gasteiger partial charge in [-0.3, -0.25) is 4.90 Å². The van der Waals surface area contributed by atoms with Crippen LogP contribution in [0.2, 0.25) is 0 Å². The van der Waals surface area contributed by atoms with Crippen molar-refractivity contribution >= 4 is 12.6 Å². The zero-order valence-corrected chi connectivity index (χ0v) is 10.7. The summed E-state index contributed by atoms with van der Waals surface area (Å²) < 4.78 is 0. The Bertz CT molecular complexity index is 232. The lowest BCUT2D eigenvalue weighted by Crippen LogP contribution is -2.59. The molecule has 0 aliphatic heterocycles. The Labute approximate surface area is 92.8 Å². The first-order chi connectivity index (χ1) is 6.69. The van der Waals surface area contributed by atoms with E-state index in [0.717, 1.165) is 12.6 Å². The Hall–Kier alpha value is -0.700. The van der Waals surface area contributed by atoms with Gasteiger partial charge in [0, 0.05) is 18.0 Å². The molecule has 0 bridgehead atoms.